The Morgan fingerprint density at radius 2 is 2.13 bits per heavy atom. The summed E-state index contributed by atoms with van der Waals surface area (Å²) in [6, 6.07) is 1.86. The standard InChI is InChI=1S/C11H19N3O/c1-4-15-10-7-9(5-6-12)13-11(14-10)8(2)3/h7-8H,4-6,12H2,1-3H3. The first kappa shape index (κ1) is 11.9. The maximum atomic E-state index is 5.51. The number of nitrogens with two attached hydrogens (primary N) is 1. The second-order valence-electron chi connectivity index (χ2n) is 3.68. The third-order valence-corrected chi connectivity index (χ3v) is 1.98. The van der Waals surface area contributed by atoms with Gasteiger partial charge in [-0.15, -0.1) is 0 Å². The van der Waals surface area contributed by atoms with E-state index in [0.29, 0.717) is 24.9 Å². The van der Waals surface area contributed by atoms with Crippen molar-refractivity contribution in [1.29, 1.82) is 0 Å². The van der Waals surface area contributed by atoms with Gasteiger partial charge in [0.2, 0.25) is 5.88 Å². The quantitative estimate of drug-likeness (QED) is 0.798. The second kappa shape index (κ2) is 5.66. The molecule has 15 heavy (non-hydrogen) atoms. The van der Waals surface area contributed by atoms with Crippen molar-refractivity contribution in [2.24, 2.45) is 5.73 Å². The van der Waals surface area contributed by atoms with Crippen molar-refractivity contribution in [2.45, 2.75) is 33.1 Å². The molecule has 0 aromatic carbocycles. The summed E-state index contributed by atoms with van der Waals surface area (Å²) in [6.07, 6.45) is 0.766. The van der Waals surface area contributed by atoms with Crippen LogP contribution in [0.15, 0.2) is 6.07 Å². The van der Waals surface area contributed by atoms with Gasteiger partial charge in [0, 0.05) is 24.1 Å². The van der Waals surface area contributed by atoms with Crippen molar-refractivity contribution >= 4 is 0 Å². The Hall–Kier alpha value is -1.16. The van der Waals surface area contributed by atoms with Crippen molar-refractivity contribution in [3.8, 4) is 5.88 Å². The molecule has 2 N–H and O–H groups in total. The molecule has 1 aromatic heterocycles. The SMILES string of the molecule is CCOc1cc(CCN)nc(C(C)C)n1. The van der Waals surface area contributed by atoms with Crippen molar-refractivity contribution in [3.05, 3.63) is 17.6 Å². The number of rotatable bonds is 5. The molecule has 0 aliphatic carbocycles. The largest absolute Gasteiger partial charge is 0.478 e. The first-order valence-corrected chi connectivity index (χ1v) is 5.38. The van der Waals surface area contributed by atoms with Crippen LogP contribution in [0.5, 0.6) is 5.88 Å². The molecule has 0 spiro atoms. The predicted molar refractivity (Wildman–Crippen MR) is 60.0 cm³/mol. The Labute approximate surface area is 90.9 Å². The molecule has 0 fully saturated rings. The van der Waals surface area contributed by atoms with E-state index in [4.69, 9.17) is 10.5 Å². The van der Waals surface area contributed by atoms with E-state index < -0.39 is 0 Å². The highest BCUT2D eigenvalue weighted by Crippen LogP contribution is 2.15. The normalized spacial score (nSPS) is 10.7. The van der Waals surface area contributed by atoms with Gasteiger partial charge in [-0.2, -0.15) is 4.98 Å². The summed E-state index contributed by atoms with van der Waals surface area (Å²) in [7, 11) is 0. The van der Waals surface area contributed by atoms with E-state index in [2.05, 4.69) is 23.8 Å². The Morgan fingerprint density at radius 1 is 1.40 bits per heavy atom. The van der Waals surface area contributed by atoms with Crippen LogP contribution in [-0.4, -0.2) is 23.1 Å². The van der Waals surface area contributed by atoms with Gasteiger partial charge in [0.15, 0.2) is 0 Å². The van der Waals surface area contributed by atoms with Crippen LogP contribution in [0.4, 0.5) is 0 Å². The molecule has 0 aliphatic heterocycles. The molecule has 4 heteroatoms. The van der Waals surface area contributed by atoms with Crippen molar-refractivity contribution < 1.29 is 4.74 Å². The number of nitrogens with zero attached hydrogens (tertiary/aromatic N) is 2. The monoisotopic (exact) mass is 209 g/mol. The van der Waals surface area contributed by atoms with E-state index >= 15 is 0 Å². The van der Waals surface area contributed by atoms with Crippen LogP contribution < -0.4 is 10.5 Å². The molecule has 0 atom stereocenters. The molecule has 0 radical (unpaired) electrons. The number of hydrogen-bond acceptors (Lipinski definition) is 4. The summed E-state index contributed by atoms with van der Waals surface area (Å²) in [5.41, 5.74) is 6.47. The van der Waals surface area contributed by atoms with Crippen LogP contribution >= 0.6 is 0 Å². The number of aromatic nitrogens is 2. The van der Waals surface area contributed by atoms with Crippen molar-refractivity contribution in [1.82, 2.24) is 9.97 Å². The van der Waals surface area contributed by atoms with Gasteiger partial charge >= 0.3 is 0 Å². The zero-order chi connectivity index (χ0) is 11.3. The van der Waals surface area contributed by atoms with E-state index in [1.807, 2.05) is 13.0 Å². The summed E-state index contributed by atoms with van der Waals surface area (Å²) in [6.45, 7) is 7.30. The molecule has 0 saturated carbocycles. The molecule has 0 amide bonds. The van der Waals surface area contributed by atoms with Gasteiger partial charge in [-0.1, -0.05) is 13.8 Å². The lowest BCUT2D eigenvalue weighted by atomic mass is 10.2. The van der Waals surface area contributed by atoms with Crippen LogP contribution in [0, 0.1) is 0 Å². The lowest BCUT2D eigenvalue weighted by Gasteiger charge is -2.09. The maximum Gasteiger partial charge on any atom is 0.216 e. The Kier molecular flexibility index (Phi) is 4.49. The van der Waals surface area contributed by atoms with Gasteiger partial charge in [-0.3, -0.25) is 0 Å². The van der Waals surface area contributed by atoms with E-state index in [0.717, 1.165) is 17.9 Å². The Morgan fingerprint density at radius 3 is 2.67 bits per heavy atom. The molecule has 4 nitrogen and oxygen atoms in total. The molecule has 1 heterocycles. The fourth-order valence-electron chi connectivity index (χ4n) is 1.25. The van der Waals surface area contributed by atoms with Gasteiger partial charge in [0.1, 0.15) is 5.82 Å². The summed E-state index contributed by atoms with van der Waals surface area (Å²) in [5.74, 6) is 1.78. The molecular weight excluding hydrogens is 190 g/mol. The minimum absolute atomic E-state index is 0.307. The molecule has 0 aliphatic rings. The number of ether oxygens (including phenoxy) is 1. The Bertz CT molecular complexity index is 288. The molecule has 1 rings (SSSR count). The smallest absolute Gasteiger partial charge is 0.216 e. The average Bonchev–Trinajstić information content (AvgIpc) is 2.18. The summed E-state index contributed by atoms with van der Waals surface area (Å²) < 4.78 is 5.39. The lowest BCUT2D eigenvalue weighted by molar-refractivity contribution is 0.323. The van der Waals surface area contributed by atoms with E-state index in [1.54, 1.807) is 0 Å². The van der Waals surface area contributed by atoms with E-state index in [9.17, 15) is 0 Å². The van der Waals surface area contributed by atoms with E-state index in [1.165, 1.54) is 0 Å². The van der Waals surface area contributed by atoms with Gasteiger partial charge in [0.05, 0.1) is 6.61 Å². The topological polar surface area (TPSA) is 61.0 Å². The van der Waals surface area contributed by atoms with Crippen LogP contribution in [0.1, 0.15) is 38.2 Å². The van der Waals surface area contributed by atoms with Crippen LogP contribution in [0.3, 0.4) is 0 Å². The fourth-order valence-corrected chi connectivity index (χ4v) is 1.25. The van der Waals surface area contributed by atoms with Crippen LogP contribution in [-0.2, 0) is 6.42 Å². The van der Waals surface area contributed by atoms with Gasteiger partial charge < -0.3 is 10.5 Å². The van der Waals surface area contributed by atoms with Gasteiger partial charge in [0.25, 0.3) is 0 Å². The second-order valence-corrected chi connectivity index (χ2v) is 3.68. The molecule has 0 saturated heterocycles. The third-order valence-electron chi connectivity index (χ3n) is 1.98. The molecule has 0 bridgehead atoms. The van der Waals surface area contributed by atoms with Gasteiger partial charge in [-0.25, -0.2) is 4.98 Å². The highest BCUT2D eigenvalue weighted by molar-refractivity contribution is 5.18. The minimum atomic E-state index is 0.307. The maximum absolute atomic E-state index is 5.51. The highest BCUT2D eigenvalue weighted by Gasteiger charge is 2.08. The third kappa shape index (κ3) is 3.47. The van der Waals surface area contributed by atoms with Crippen LogP contribution in [0.25, 0.3) is 0 Å². The van der Waals surface area contributed by atoms with Crippen molar-refractivity contribution in [3.63, 3.8) is 0 Å². The predicted octanol–water partition coefficient (Wildman–Crippen LogP) is 1.50. The minimum Gasteiger partial charge on any atom is -0.478 e. The first-order valence-electron chi connectivity index (χ1n) is 5.38. The van der Waals surface area contributed by atoms with Crippen LogP contribution in [0.2, 0.25) is 0 Å². The summed E-state index contributed by atoms with van der Waals surface area (Å²) in [5, 5.41) is 0. The first-order chi connectivity index (χ1) is 7.17. The average molecular weight is 209 g/mol. The zero-order valence-corrected chi connectivity index (χ0v) is 9.66. The number of hydrogen-bond donors (Lipinski definition) is 1. The fraction of sp³-hybridized carbons (Fsp3) is 0.636. The van der Waals surface area contributed by atoms with Crippen molar-refractivity contribution in [2.75, 3.05) is 13.2 Å². The molecule has 84 valence electrons. The van der Waals surface area contributed by atoms with Gasteiger partial charge in [-0.05, 0) is 13.5 Å². The summed E-state index contributed by atoms with van der Waals surface area (Å²) in [4.78, 5) is 8.76. The highest BCUT2D eigenvalue weighted by atomic mass is 16.5. The van der Waals surface area contributed by atoms with E-state index in [-0.39, 0.29) is 0 Å². The summed E-state index contributed by atoms with van der Waals surface area (Å²) >= 11 is 0. The molecule has 0 unspecified atom stereocenters. The Balaban J connectivity index is 2.97. The lowest BCUT2D eigenvalue weighted by Crippen LogP contribution is -2.09. The zero-order valence-electron chi connectivity index (χ0n) is 9.66. The molecule has 1 aromatic rings. The molecular formula is C11H19N3O.